The van der Waals surface area contributed by atoms with Gasteiger partial charge in [-0.3, -0.25) is 4.79 Å². The number of aliphatic carboxylic acids is 2. The van der Waals surface area contributed by atoms with Crippen molar-refractivity contribution in [2.45, 2.75) is 104 Å². The Balaban J connectivity index is 0. The van der Waals surface area contributed by atoms with Crippen molar-refractivity contribution in [3.05, 3.63) is 24.3 Å². The molecule has 2 N–H and O–H groups in total. The first-order chi connectivity index (χ1) is 12.5. The molecule has 4 nitrogen and oxygen atoms in total. The summed E-state index contributed by atoms with van der Waals surface area (Å²) in [6.07, 6.45) is 22.6. The van der Waals surface area contributed by atoms with Crippen LogP contribution in [0.5, 0.6) is 0 Å². The molecule has 0 saturated heterocycles. The van der Waals surface area contributed by atoms with Gasteiger partial charge in [0.1, 0.15) is 0 Å². The molecule has 26 heavy (non-hydrogen) atoms. The van der Waals surface area contributed by atoms with Crippen LogP contribution in [0.4, 0.5) is 0 Å². The maximum atomic E-state index is 10.2. The van der Waals surface area contributed by atoms with Crippen molar-refractivity contribution in [2.75, 3.05) is 0 Å². The minimum absolute atomic E-state index is 0.292. The van der Waals surface area contributed by atoms with E-state index >= 15 is 0 Å². The summed E-state index contributed by atoms with van der Waals surface area (Å²) in [6, 6.07) is 0. The van der Waals surface area contributed by atoms with Crippen molar-refractivity contribution in [3.8, 4) is 0 Å². The minimum Gasteiger partial charge on any atom is -0.481 e. The molecule has 0 atom stereocenters. The molecular formula is C22H40O4. The molecule has 152 valence electrons. The molecule has 0 amide bonds. The standard InChI is InChI=1S/C12H22O2.C10H18O2/c1-2-3-4-5-6-7-8-9-10-11-12(13)14;1-2-3-4-5-6-7-8-9-10(11)12/h7-8H,2-6,9-11H2,1H3,(H,13,14);8-9H,2-7H2,1H3,(H,11,12). The summed E-state index contributed by atoms with van der Waals surface area (Å²) < 4.78 is 0. The summed E-state index contributed by atoms with van der Waals surface area (Å²) in [5.41, 5.74) is 0. The predicted octanol–water partition coefficient (Wildman–Crippen LogP) is 6.76. The second-order valence-corrected chi connectivity index (χ2v) is 6.55. The van der Waals surface area contributed by atoms with Crippen molar-refractivity contribution < 1.29 is 19.8 Å². The first-order valence-corrected chi connectivity index (χ1v) is 10.3. The maximum Gasteiger partial charge on any atom is 0.327 e. The van der Waals surface area contributed by atoms with Crippen LogP contribution in [0, 0.1) is 0 Å². The number of hydrogen-bond acceptors (Lipinski definition) is 2. The number of carbonyl (C=O) groups is 2. The summed E-state index contributed by atoms with van der Waals surface area (Å²) in [7, 11) is 0. The van der Waals surface area contributed by atoms with E-state index in [1.807, 2.05) is 0 Å². The third kappa shape index (κ3) is 30.3. The van der Waals surface area contributed by atoms with Crippen LogP contribution in [0.2, 0.25) is 0 Å². The zero-order valence-corrected chi connectivity index (χ0v) is 16.9. The van der Waals surface area contributed by atoms with E-state index in [0.717, 1.165) is 32.1 Å². The molecule has 0 bridgehead atoms. The minimum atomic E-state index is -0.844. The van der Waals surface area contributed by atoms with Crippen LogP contribution in [0.3, 0.4) is 0 Å². The van der Waals surface area contributed by atoms with Gasteiger partial charge in [-0.2, -0.15) is 0 Å². The lowest BCUT2D eigenvalue weighted by molar-refractivity contribution is -0.137. The molecule has 0 aromatic heterocycles. The highest BCUT2D eigenvalue weighted by atomic mass is 16.4. The molecule has 0 saturated carbocycles. The van der Waals surface area contributed by atoms with Crippen molar-refractivity contribution in [2.24, 2.45) is 0 Å². The first kappa shape index (κ1) is 26.6. The van der Waals surface area contributed by atoms with E-state index < -0.39 is 11.9 Å². The van der Waals surface area contributed by atoms with Crippen LogP contribution >= 0.6 is 0 Å². The van der Waals surface area contributed by atoms with Gasteiger partial charge < -0.3 is 10.2 Å². The fourth-order valence-electron chi connectivity index (χ4n) is 2.35. The van der Waals surface area contributed by atoms with Crippen molar-refractivity contribution in [1.29, 1.82) is 0 Å². The quantitative estimate of drug-likeness (QED) is 0.179. The van der Waals surface area contributed by atoms with Crippen LogP contribution in [-0.4, -0.2) is 22.2 Å². The van der Waals surface area contributed by atoms with Crippen LogP contribution < -0.4 is 0 Å². The Morgan fingerprint density at radius 3 is 1.62 bits per heavy atom. The number of hydrogen-bond donors (Lipinski definition) is 2. The highest BCUT2D eigenvalue weighted by Crippen LogP contribution is 2.05. The van der Waals surface area contributed by atoms with Crippen molar-refractivity contribution in [1.82, 2.24) is 0 Å². The zero-order valence-electron chi connectivity index (χ0n) is 16.9. The summed E-state index contributed by atoms with van der Waals surface area (Å²) in [5.74, 6) is -1.54. The molecule has 0 aliphatic heterocycles. The second kappa shape index (κ2) is 23.4. The average Bonchev–Trinajstić information content (AvgIpc) is 2.59. The van der Waals surface area contributed by atoms with E-state index in [2.05, 4.69) is 26.0 Å². The highest BCUT2D eigenvalue weighted by molar-refractivity contribution is 5.79. The van der Waals surface area contributed by atoms with E-state index in [9.17, 15) is 9.59 Å². The fourth-order valence-corrected chi connectivity index (χ4v) is 2.35. The summed E-state index contributed by atoms with van der Waals surface area (Å²) >= 11 is 0. The Labute approximate surface area is 160 Å². The maximum absolute atomic E-state index is 10.2. The molecule has 0 aromatic carbocycles. The van der Waals surface area contributed by atoms with Gasteiger partial charge in [-0.05, 0) is 38.5 Å². The lowest BCUT2D eigenvalue weighted by Crippen LogP contribution is -1.92. The van der Waals surface area contributed by atoms with Gasteiger partial charge in [0.2, 0.25) is 0 Å². The van der Waals surface area contributed by atoms with Gasteiger partial charge in [0, 0.05) is 12.5 Å². The fraction of sp³-hybridized carbons (Fsp3) is 0.727. The Bertz CT molecular complexity index is 372. The number of unbranched alkanes of at least 4 members (excludes halogenated alkanes) is 10. The lowest BCUT2D eigenvalue weighted by atomic mass is 10.1. The van der Waals surface area contributed by atoms with E-state index in [4.69, 9.17) is 10.2 Å². The third-order valence-electron chi connectivity index (χ3n) is 3.89. The third-order valence-corrected chi connectivity index (χ3v) is 3.89. The molecule has 0 radical (unpaired) electrons. The summed E-state index contributed by atoms with van der Waals surface area (Å²) in [6.45, 7) is 4.39. The molecule has 0 rings (SSSR count). The number of rotatable bonds is 16. The Morgan fingerprint density at radius 2 is 1.12 bits per heavy atom. The van der Waals surface area contributed by atoms with Gasteiger partial charge in [0.15, 0.2) is 0 Å². The Morgan fingerprint density at radius 1 is 0.654 bits per heavy atom. The molecule has 0 spiro atoms. The molecule has 0 aromatic rings. The van der Waals surface area contributed by atoms with Crippen LogP contribution in [0.25, 0.3) is 0 Å². The highest BCUT2D eigenvalue weighted by Gasteiger charge is 1.93. The van der Waals surface area contributed by atoms with E-state index in [-0.39, 0.29) is 0 Å². The van der Waals surface area contributed by atoms with E-state index in [1.54, 1.807) is 6.08 Å². The van der Waals surface area contributed by atoms with Crippen molar-refractivity contribution in [3.63, 3.8) is 0 Å². The number of carboxylic acids is 2. The average molecular weight is 369 g/mol. The van der Waals surface area contributed by atoms with Gasteiger partial charge in [-0.1, -0.05) is 77.0 Å². The zero-order chi connectivity index (χ0) is 19.9. The normalized spacial score (nSPS) is 10.8. The number of allylic oxidation sites excluding steroid dienone is 3. The first-order valence-electron chi connectivity index (χ1n) is 10.3. The van der Waals surface area contributed by atoms with Gasteiger partial charge in [0.25, 0.3) is 0 Å². The molecule has 0 aliphatic carbocycles. The van der Waals surface area contributed by atoms with Crippen LogP contribution in [-0.2, 0) is 9.59 Å². The van der Waals surface area contributed by atoms with E-state index in [0.29, 0.717) is 6.42 Å². The molecule has 4 heteroatoms. The smallest absolute Gasteiger partial charge is 0.327 e. The van der Waals surface area contributed by atoms with Crippen LogP contribution in [0.1, 0.15) is 104 Å². The van der Waals surface area contributed by atoms with Crippen molar-refractivity contribution >= 4 is 11.9 Å². The molecule has 0 unspecified atom stereocenters. The van der Waals surface area contributed by atoms with Gasteiger partial charge in [-0.15, -0.1) is 0 Å². The lowest BCUT2D eigenvalue weighted by Gasteiger charge is -1.95. The number of carboxylic acid groups (broad SMARTS) is 2. The second-order valence-electron chi connectivity index (χ2n) is 6.55. The Hall–Kier alpha value is -1.58. The molecule has 0 fully saturated rings. The van der Waals surface area contributed by atoms with Gasteiger partial charge in [-0.25, -0.2) is 4.79 Å². The summed E-state index contributed by atoms with van der Waals surface area (Å²) in [5, 5.41) is 16.7. The molecule has 0 heterocycles. The SMILES string of the molecule is CCCCCCC=CCCCC(=O)O.CCCCCCCC=CC(=O)O. The largest absolute Gasteiger partial charge is 0.481 e. The van der Waals surface area contributed by atoms with E-state index in [1.165, 1.54) is 57.4 Å². The topological polar surface area (TPSA) is 74.6 Å². The Kier molecular flexibility index (Phi) is 24.0. The van der Waals surface area contributed by atoms with Gasteiger partial charge >= 0.3 is 11.9 Å². The summed E-state index contributed by atoms with van der Waals surface area (Å²) in [4.78, 5) is 20.2. The monoisotopic (exact) mass is 368 g/mol. The predicted molar refractivity (Wildman–Crippen MR) is 110 cm³/mol. The molecular weight excluding hydrogens is 328 g/mol. The van der Waals surface area contributed by atoms with Crippen LogP contribution in [0.15, 0.2) is 24.3 Å². The molecule has 0 aliphatic rings. The van der Waals surface area contributed by atoms with Gasteiger partial charge in [0.05, 0.1) is 0 Å².